The van der Waals surface area contributed by atoms with Crippen LogP contribution in [-0.2, 0) is 0 Å². The van der Waals surface area contributed by atoms with Crippen molar-refractivity contribution in [2.24, 2.45) is 0 Å². The van der Waals surface area contributed by atoms with Gasteiger partial charge in [0.15, 0.2) is 0 Å². The molecular formula is C34H48Cl2N4O9. The molecule has 49 heavy (non-hydrogen) atoms. The van der Waals surface area contributed by atoms with Crippen LogP contribution in [0.25, 0.3) is 21.8 Å². The predicted octanol–water partition coefficient (Wildman–Crippen LogP) is 4.09. The van der Waals surface area contributed by atoms with E-state index in [1.807, 2.05) is 41.5 Å². The molecule has 15 heteroatoms. The molecule has 4 aromatic rings. The van der Waals surface area contributed by atoms with Gasteiger partial charge in [-0.25, -0.2) is 9.59 Å². The lowest BCUT2D eigenvalue weighted by Crippen LogP contribution is -2.39. The van der Waals surface area contributed by atoms with Crippen molar-refractivity contribution in [2.75, 3.05) is 0 Å². The van der Waals surface area contributed by atoms with Gasteiger partial charge in [-0.15, -0.1) is 24.8 Å². The fourth-order valence-corrected chi connectivity index (χ4v) is 5.57. The lowest BCUT2D eigenvalue weighted by Gasteiger charge is -2.26. The Morgan fingerprint density at radius 3 is 1.22 bits per heavy atom. The summed E-state index contributed by atoms with van der Waals surface area (Å²) in [4.78, 5) is 50.9. The monoisotopic (exact) mass is 726 g/mol. The lowest BCUT2D eigenvalue weighted by atomic mass is 9.94. The van der Waals surface area contributed by atoms with Gasteiger partial charge in [-0.3, -0.25) is 9.59 Å². The second-order valence-electron chi connectivity index (χ2n) is 11.8. The number of halogens is 2. The first-order valence-electron chi connectivity index (χ1n) is 15.4. The Morgan fingerprint density at radius 1 is 0.633 bits per heavy atom. The summed E-state index contributed by atoms with van der Waals surface area (Å²) in [6, 6.07) is 11.9. The van der Waals surface area contributed by atoms with Gasteiger partial charge in [0.05, 0.1) is 34.4 Å². The number of hydrogen-bond donors (Lipinski definition) is 8. The van der Waals surface area contributed by atoms with Crippen LogP contribution < -0.4 is 21.8 Å². The van der Waals surface area contributed by atoms with E-state index in [-0.39, 0.29) is 87.7 Å². The SMILES string of the molecule is CCC(NC(C)C)C(O)c1ccc(C(=O)O)c2[nH]c(=O)ccc12.CCC(NC(C)C)C(O)c1ccc(C(=O)O)c2[nH]c(=O)ccc12.Cl.Cl.O. The van der Waals surface area contributed by atoms with Crippen LogP contribution >= 0.6 is 24.8 Å². The van der Waals surface area contributed by atoms with Crippen molar-refractivity contribution in [1.82, 2.24) is 20.6 Å². The molecule has 4 unspecified atom stereocenters. The number of nitrogens with one attached hydrogen (secondary N) is 4. The zero-order valence-corrected chi connectivity index (χ0v) is 29.9. The summed E-state index contributed by atoms with van der Waals surface area (Å²) in [5, 5.41) is 47.7. The highest BCUT2D eigenvalue weighted by atomic mass is 35.5. The van der Waals surface area contributed by atoms with Crippen LogP contribution in [0.4, 0.5) is 0 Å². The van der Waals surface area contributed by atoms with Crippen molar-refractivity contribution >= 4 is 58.6 Å². The van der Waals surface area contributed by atoms with Gasteiger partial charge in [0.25, 0.3) is 0 Å². The third kappa shape index (κ3) is 11.1. The molecular weight excluding hydrogens is 679 g/mol. The van der Waals surface area contributed by atoms with Gasteiger partial charge in [0.2, 0.25) is 11.1 Å². The van der Waals surface area contributed by atoms with Crippen molar-refractivity contribution < 1.29 is 35.5 Å². The number of carboxylic acids is 2. The largest absolute Gasteiger partial charge is 0.478 e. The standard InChI is InChI=1S/2C17H22N2O4.2ClH.H2O/c2*1-4-13(18-9(2)3)16(21)11-5-6-12(17(22)23)15-10(11)7-8-14(20)19-15;;;/h2*5-9,13,16,18,21H,4H2,1-3H3,(H,19,20)(H,22,23);2*1H;1H2. The molecule has 0 aliphatic rings. The quantitative estimate of drug-likeness (QED) is 0.104. The Balaban J connectivity index is 0.000000886. The molecule has 13 nitrogen and oxygen atoms in total. The lowest BCUT2D eigenvalue weighted by molar-refractivity contribution is 0.0687. The van der Waals surface area contributed by atoms with Crippen LogP contribution in [-0.4, -0.2) is 72.0 Å². The molecule has 0 saturated heterocycles. The molecule has 4 atom stereocenters. The van der Waals surface area contributed by atoms with E-state index in [4.69, 9.17) is 0 Å². The molecule has 0 spiro atoms. The Hall–Kier alpha value is -3.82. The number of aliphatic hydroxyl groups excluding tert-OH is 2. The molecule has 0 fully saturated rings. The fourth-order valence-electron chi connectivity index (χ4n) is 5.57. The van der Waals surface area contributed by atoms with Crippen LogP contribution in [0.15, 0.2) is 58.1 Å². The Labute approximate surface area is 296 Å². The summed E-state index contributed by atoms with van der Waals surface area (Å²) in [5.41, 5.74) is 0.944. The minimum atomic E-state index is -1.12. The highest BCUT2D eigenvalue weighted by Gasteiger charge is 2.25. The number of carboxylic acid groups (broad SMARTS) is 2. The molecule has 0 radical (unpaired) electrons. The summed E-state index contributed by atoms with van der Waals surface area (Å²) in [5.74, 6) is -2.24. The van der Waals surface area contributed by atoms with Crippen molar-refractivity contribution in [1.29, 1.82) is 0 Å². The number of aromatic amines is 2. The van der Waals surface area contributed by atoms with E-state index in [9.17, 15) is 39.6 Å². The summed E-state index contributed by atoms with van der Waals surface area (Å²) < 4.78 is 0. The minimum absolute atomic E-state index is 0. The zero-order chi connectivity index (χ0) is 34.3. The molecule has 2 aromatic carbocycles. The maximum absolute atomic E-state index is 11.6. The summed E-state index contributed by atoms with van der Waals surface area (Å²) in [6.07, 6.45) is -0.187. The van der Waals surface area contributed by atoms with Crippen molar-refractivity contribution in [3.05, 3.63) is 91.5 Å². The second kappa shape index (κ2) is 20.0. The van der Waals surface area contributed by atoms with Crippen molar-refractivity contribution in [2.45, 2.75) is 90.8 Å². The minimum Gasteiger partial charge on any atom is -0.478 e. The van der Waals surface area contributed by atoms with Gasteiger partial charge in [-0.05, 0) is 48.2 Å². The maximum atomic E-state index is 11.6. The first-order valence-corrected chi connectivity index (χ1v) is 15.4. The van der Waals surface area contributed by atoms with Crippen LogP contribution in [0.3, 0.4) is 0 Å². The average molecular weight is 728 g/mol. The van der Waals surface area contributed by atoms with Gasteiger partial charge < -0.3 is 46.5 Å². The van der Waals surface area contributed by atoms with Gasteiger partial charge >= 0.3 is 11.9 Å². The summed E-state index contributed by atoms with van der Waals surface area (Å²) >= 11 is 0. The van der Waals surface area contributed by atoms with Crippen molar-refractivity contribution in [3.8, 4) is 0 Å². The Morgan fingerprint density at radius 2 is 0.959 bits per heavy atom. The van der Waals surface area contributed by atoms with E-state index in [1.54, 1.807) is 24.3 Å². The van der Waals surface area contributed by atoms with Gasteiger partial charge in [0.1, 0.15) is 0 Å². The second-order valence-corrected chi connectivity index (χ2v) is 11.8. The Bertz CT molecular complexity index is 1680. The molecule has 0 aliphatic carbocycles. The number of pyridine rings is 2. The zero-order valence-electron chi connectivity index (χ0n) is 28.2. The molecule has 10 N–H and O–H groups in total. The number of aliphatic hydroxyl groups is 2. The number of carbonyl (C=O) groups is 2. The van der Waals surface area contributed by atoms with E-state index in [2.05, 4.69) is 20.6 Å². The number of hydrogen-bond acceptors (Lipinski definition) is 8. The number of rotatable bonds is 12. The molecule has 2 heterocycles. The van der Waals surface area contributed by atoms with Gasteiger partial charge in [0, 0.05) is 47.1 Å². The van der Waals surface area contributed by atoms with E-state index in [0.717, 1.165) is 0 Å². The maximum Gasteiger partial charge on any atom is 0.337 e. The summed E-state index contributed by atoms with van der Waals surface area (Å²) in [6.45, 7) is 11.9. The summed E-state index contributed by atoms with van der Waals surface area (Å²) in [7, 11) is 0. The number of benzene rings is 2. The topological polar surface area (TPSA) is 236 Å². The van der Waals surface area contributed by atoms with Crippen LogP contribution in [0, 0.1) is 0 Å². The number of aromatic carboxylic acids is 2. The molecule has 0 bridgehead atoms. The van der Waals surface area contributed by atoms with Crippen LogP contribution in [0.5, 0.6) is 0 Å². The van der Waals surface area contributed by atoms with E-state index < -0.39 is 24.1 Å². The third-order valence-electron chi connectivity index (χ3n) is 7.69. The van der Waals surface area contributed by atoms with E-state index in [0.29, 0.717) is 34.7 Å². The first-order chi connectivity index (χ1) is 21.7. The highest BCUT2D eigenvalue weighted by Crippen LogP contribution is 2.30. The van der Waals surface area contributed by atoms with E-state index in [1.165, 1.54) is 24.3 Å². The highest BCUT2D eigenvalue weighted by molar-refractivity contribution is 6.03. The molecule has 0 aliphatic heterocycles. The number of fused-ring (bicyclic) bond motifs is 2. The molecule has 2 aromatic heterocycles. The van der Waals surface area contributed by atoms with Crippen molar-refractivity contribution in [3.63, 3.8) is 0 Å². The van der Waals surface area contributed by atoms with Gasteiger partial charge in [-0.1, -0.05) is 53.7 Å². The average Bonchev–Trinajstić information content (AvgIpc) is 3.00. The molecule has 0 saturated carbocycles. The number of H-pyrrole nitrogens is 2. The van der Waals surface area contributed by atoms with Gasteiger partial charge in [-0.2, -0.15) is 0 Å². The van der Waals surface area contributed by atoms with Crippen LogP contribution in [0.1, 0.15) is 98.4 Å². The normalized spacial score (nSPS) is 13.3. The number of aromatic nitrogens is 2. The van der Waals surface area contributed by atoms with E-state index >= 15 is 0 Å². The molecule has 0 amide bonds. The van der Waals surface area contributed by atoms with Crippen LogP contribution in [0.2, 0.25) is 0 Å². The molecule has 272 valence electrons. The Kier molecular flexibility index (Phi) is 18.4. The predicted molar refractivity (Wildman–Crippen MR) is 196 cm³/mol. The fraction of sp³-hybridized carbons (Fsp3) is 0.412. The smallest absolute Gasteiger partial charge is 0.337 e. The first kappa shape index (κ1) is 45.2. The molecule has 4 rings (SSSR count). The third-order valence-corrected chi connectivity index (χ3v) is 7.69.